The number of fused-ring (bicyclic) bond motifs is 1. The molecule has 9 heteroatoms. The van der Waals surface area contributed by atoms with Crippen LogP contribution in [0.5, 0.6) is 0 Å². The fourth-order valence-corrected chi connectivity index (χ4v) is 4.05. The van der Waals surface area contributed by atoms with Gasteiger partial charge in [0.15, 0.2) is 0 Å². The van der Waals surface area contributed by atoms with Crippen molar-refractivity contribution in [2.75, 3.05) is 0 Å². The van der Waals surface area contributed by atoms with E-state index in [1.807, 2.05) is 38.1 Å². The molecule has 0 aliphatic rings. The summed E-state index contributed by atoms with van der Waals surface area (Å²) in [4.78, 5) is 8.13. The second kappa shape index (κ2) is 7.26. The van der Waals surface area contributed by atoms with E-state index in [0.717, 1.165) is 34.5 Å². The molecule has 0 aliphatic carbocycles. The van der Waals surface area contributed by atoms with Crippen molar-refractivity contribution in [2.45, 2.75) is 25.3 Å². The zero-order valence-corrected chi connectivity index (χ0v) is 17.0. The van der Waals surface area contributed by atoms with Gasteiger partial charge >= 0.3 is 0 Å². The largest absolute Gasteiger partial charge is 0.325 e. The molecule has 0 unspecified atom stereocenters. The van der Waals surface area contributed by atoms with E-state index in [0.29, 0.717) is 11.0 Å². The molecule has 0 spiro atoms. The molecule has 154 valence electrons. The van der Waals surface area contributed by atoms with Crippen LogP contribution in [0.3, 0.4) is 0 Å². The normalized spacial score (nSPS) is 11.9. The monoisotopic (exact) mass is 428 g/mol. The lowest BCUT2D eigenvalue weighted by Crippen LogP contribution is -2.14. The van der Waals surface area contributed by atoms with Gasteiger partial charge < -0.3 is 4.57 Å². The van der Waals surface area contributed by atoms with Gasteiger partial charge in [-0.25, -0.2) is 27.3 Å². The van der Waals surface area contributed by atoms with Crippen molar-refractivity contribution < 1.29 is 17.2 Å². The number of primary sulfonamides is 1. The maximum absolute atomic E-state index is 14.6. The number of aromatic nitrogens is 3. The molecule has 0 amide bonds. The quantitative estimate of drug-likeness (QED) is 0.537. The Morgan fingerprint density at radius 2 is 1.73 bits per heavy atom. The minimum Gasteiger partial charge on any atom is -0.325 e. The average molecular weight is 428 g/mol. The first-order chi connectivity index (χ1) is 14.2. The van der Waals surface area contributed by atoms with Gasteiger partial charge in [0.25, 0.3) is 0 Å². The molecule has 30 heavy (non-hydrogen) atoms. The van der Waals surface area contributed by atoms with Crippen molar-refractivity contribution in [1.29, 1.82) is 0 Å². The fraction of sp³-hybridized carbons (Fsp3) is 0.143. The summed E-state index contributed by atoms with van der Waals surface area (Å²) in [5.74, 6) is -1.99. The Morgan fingerprint density at radius 1 is 1.07 bits per heavy atom. The van der Waals surface area contributed by atoms with E-state index < -0.39 is 26.6 Å². The van der Waals surface area contributed by atoms with Crippen LogP contribution in [0.4, 0.5) is 8.78 Å². The Bertz CT molecular complexity index is 1370. The number of benzene rings is 2. The highest BCUT2D eigenvalue weighted by Gasteiger charge is 2.20. The first-order valence-electron chi connectivity index (χ1n) is 9.04. The molecular formula is C21H18F2N4O2S. The molecule has 2 heterocycles. The van der Waals surface area contributed by atoms with Crippen LogP contribution in [0.1, 0.15) is 16.8 Å². The molecule has 2 aromatic heterocycles. The molecule has 4 rings (SSSR count). The van der Waals surface area contributed by atoms with Crippen LogP contribution in [-0.2, 0) is 16.6 Å². The number of hydrogen-bond donors (Lipinski definition) is 1. The lowest BCUT2D eigenvalue weighted by atomic mass is 9.98. The topological polar surface area (TPSA) is 90.9 Å². The molecule has 0 atom stereocenters. The van der Waals surface area contributed by atoms with E-state index in [4.69, 9.17) is 5.14 Å². The summed E-state index contributed by atoms with van der Waals surface area (Å²) in [6.07, 6.45) is 3.10. The highest BCUT2D eigenvalue weighted by molar-refractivity contribution is 7.89. The Balaban J connectivity index is 1.90. The molecule has 4 aromatic rings. The number of pyridine rings is 1. The average Bonchev–Trinajstić information content (AvgIpc) is 3.07. The molecule has 6 nitrogen and oxygen atoms in total. The van der Waals surface area contributed by atoms with Crippen LogP contribution in [0, 0.1) is 25.5 Å². The Labute approximate surface area is 172 Å². The van der Waals surface area contributed by atoms with Gasteiger partial charge in [0, 0.05) is 16.8 Å². The van der Waals surface area contributed by atoms with Crippen molar-refractivity contribution >= 4 is 21.1 Å². The number of halogens is 2. The summed E-state index contributed by atoms with van der Waals surface area (Å²) in [7, 11) is -4.22. The van der Waals surface area contributed by atoms with Crippen molar-refractivity contribution in [2.24, 2.45) is 5.14 Å². The van der Waals surface area contributed by atoms with Crippen LogP contribution in [0.2, 0.25) is 0 Å². The van der Waals surface area contributed by atoms with Gasteiger partial charge in [-0.2, -0.15) is 0 Å². The van der Waals surface area contributed by atoms with Gasteiger partial charge in [0.1, 0.15) is 17.2 Å². The molecule has 0 fully saturated rings. The summed E-state index contributed by atoms with van der Waals surface area (Å²) in [5.41, 5.74) is 4.53. The Morgan fingerprint density at radius 3 is 2.37 bits per heavy atom. The van der Waals surface area contributed by atoms with Crippen LogP contribution >= 0.6 is 0 Å². The number of hydrogen-bond acceptors (Lipinski definition) is 4. The third-order valence-electron chi connectivity index (χ3n) is 5.03. The SMILES string of the molecule is Cc1ccccc1-c1c(C)ncc2ncn(Cc3c(F)cc(S(N)(=O)=O)cc3F)c12. The van der Waals surface area contributed by atoms with Gasteiger partial charge in [0.2, 0.25) is 10.0 Å². The molecule has 0 saturated carbocycles. The van der Waals surface area contributed by atoms with Gasteiger partial charge in [-0.1, -0.05) is 24.3 Å². The minimum absolute atomic E-state index is 0.179. The Hall–Kier alpha value is -3.17. The molecular weight excluding hydrogens is 410 g/mol. The number of nitrogens with two attached hydrogens (primary N) is 1. The molecule has 2 N–H and O–H groups in total. The first kappa shape index (κ1) is 20.1. The van der Waals surface area contributed by atoms with Crippen molar-refractivity contribution in [3.8, 4) is 11.1 Å². The minimum atomic E-state index is -4.22. The van der Waals surface area contributed by atoms with Gasteiger partial charge in [0.05, 0.1) is 29.5 Å². The summed E-state index contributed by atoms with van der Waals surface area (Å²) in [6, 6.07) is 9.21. The van der Waals surface area contributed by atoms with Crippen LogP contribution < -0.4 is 5.14 Å². The summed E-state index contributed by atoms with van der Waals surface area (Å²) >= 11 is 0. The number of aryl methyl sites for hydroxylation is 2. The predicted molar refractivity (Wildman–Crippen MR) is 109 cm³/mol. The van der Waals surface area contributed by atoms with Crippen LogP contribution in [-0.4, -0.2) is 23.0 Å². The number of sulfonamides is 1. The highest BCUT2D eigenvalue weighted by Crippen LogP contribution is 2.33. The predicted octanol–water partition coefficient (Wildman–Crippen LogP) is 3.69. The van der Waals surface area contributed by atoms with Gasteiger partial charge in [-0.05, 0) is 37.1 Å². The van der Waals surface area contributed by atoms with E-state index in [2.05, 4.69) is 9.97 Å². The summed E-state index contributed by atoms with van der Waals surface area (Å²) < 4.78 is 53.7. The van der Waals surface area contributed by atoms with E-state index in [1.165, 1.54) is 6.33 Å². The first-order valence-corrected chi connectivity index (χ1v) is 10.6. The fourth-order valence-electron chi connectivity index (χ4n) is 3.52. The standard InChI is InChI=1S/C21H18F2N4O2S/c1-12-5-3-4-6-15(12)20-13(2)25-9-19-21(20)27(11-26-19)10-16-17(22)7-14(8-18(16)23)30(24,28)29/h3-9,11H,10H2,1-2H3,(H2,24,28,29). The second-order valence-electron chi connectivity index (χ2n) is 7.05. The number of imidazole rings is 1. The number of rotatable bonds is 4. The third-order valence-corrected chi connectivity index (χ3v) is 5.92. The van der Waals surface area contributed by atoms with E-state index >= 15 is 0 Å². The maximum Gasteiger partial charge on any atom is 0.238 e. The Kier molecular flexibility index (Phi) is 4.87. The van der Waals surface area contributed by atoms with E-state index in [-0.39, 0.29) is 12.1 Å². The van der Waals surface area contributed by atoms with Crippen LogP contribution in [0.15, 0.2) is 53.8 Å². The zero-order chi connectivity index (χ0) is 21.6. The van der Waals surface area contributed by atoms with E-state index in [1.54, 1.807) is 10.8 Å². The zero-order valence-electron chi connectivity index (χ0n) is 16.2. The third kappa shape index (κ3) is 3.46. The van der Waals surface area contributed by atoms with E-state index in [9.17, 15) is 17.2 Å². The van der Waals surface area contributed by atoms with Crippen molar-refractivity contribution in [3.05, 3.63) is 77.4 Å². The molecule has 0 aliphatic heterocycles. The van der Waals surface area contributed by atoms with Crippen molar-refractivity contribution in [3.63, 3.8) is 0 Å². The highest BCUT2D eigenvalue weighted by atomic mass is 32.2. The summed E-state index contributed by atoms with van der Waals surface area (Å²) in [6.45, 7) is 3.65. The lowest BCUT2D eigenvalue weighted by Gasteiger charge is -2.14. The molecule has 2 aromatic carbocycles. The molecule has 0 radical (unpaired) electrons. The smallest absolute Gasteiger partial charge is 0.238 e. The second-order valence-corrected chi connectivity index (χ2v) is 8.61. The lowest BCUT2D eigenvalue weighted by molar-refractivity contribution is 0.537. The molecule has 0 bridgehead atoms. The van der Waals surface area contributed by atoms with Gasteiger partial charge in [-0.15, -0.1) is 0 Å². The molecule has 0 saturated heterocycles. The maximum atomic E-state index is 14.6. The van der Waals surface area contributed by atoms with Gasteiger partial charge in [-0.3, -0.25) is 4.98 Å². The van der Waals surface area contributed by atoms with Crippen LogP contribution in [0.25, 0.3) is 22.2 Å². The van der Waals surface area contributed by atoms with Crippen molar-refractivity contribution in [1.82, 2.24) is 14.5 Å². The number of nitrogens with zero attached hydrogens (tertiary/aromatic N) is 3. The summed E-state index contributed by atoms with van der Waals surface area (Å²) in [5, 5.41) is 4.99.